The molecular weight excluding hydrogens is 294 g/mol. The topological polar surface area (TPSA) is 36.4 Å². The third-order valence-corrected chi connectivity index (χ3v) is 4.27. The fraction of sp³-hybridized carbons (Fsp3) is 0.0952. The van der Waals surface area contributed by atoms with Gasteiger partial charge in [-0.1, -0.05) is 60.7 Å². The van der Waals surface area contributed by atoms with Crippen molar-refractivity contribution in [1.82, 2.24) is 5.43 Å². The normalized spacial score (nSPS) is 16.3. The van der Waals surface area contributed by atoms with Gasteiger partial charge in [0.05, 0.1) is 5.71 Å². The highest BCUT2D eigenvalue weighted by Gasteiger charge is 2.24. The Morgan fingerprint density at radius 1 is 0.750 bits per heavy atom. The number of hydrogen-bond acceptors (Lipinski definition) is 3. The van der Waals surface area contributed by atoms with E-state index in [9.17, 15) is 0 Å². The minimum atomic E-state index is 0.305. The summed E-state index contributed by atoms with van der Waals surface area (Å²) in [5.41, 5.74) is 8.88. The molecule has 1 heterocycles. The summed E-state index contributed by atoms with van der Waals surface area (Å²) in [7, 11) is 0. The Morgan fingerprint density at radius 3 is 2.08 bits per heavy atom. The van der Waals surface area contributed by atoms with Gasteiger partial charge in [0.15, 0.2) is 0 Å². The molecule has 0 aliphatic carbocycles. The number of benzene rings is 3. The Balaban J connectivity index is 1.54. The maximum atomic E-state index is 4.52. The van der Waals surface area contributed by atoms with Gasteiger partial charge >= 0.3 is 0 Å². The van der Waals surface area contributed by atoms with Gasteiger partial charge < -0.3 is 10.7 Å². The van der Waals surface area contributed by atoms with Crippen molar-refractivity contribution in [3.05, 3.63) is 96.1 Å². The molecule has 3 aromatic carbocycles. The first-order valence-corrected chi connectivity index (χ1v) is 8.18. The number of para-hydroxylation sites is 1. The molecule has 24 heavy (non-hydrogen) atoms. The van der Waals surface area contributed by atoms with E-state index in [0.717, 1.165) is 29.2 Å². The standard InChI is InChI=1S/C21H19N3/c1-3-7-16(8-4-1)20-15-22-24-21(20)17-11-13-19(14-12-17)23-18-9-5-2-6-10-18/h1-14,20,22-23H,15H2. The van der Waals surface area contributed by atoms with Gasteiger partial charge in [-0.2, -0.15) is 5.10 Å². The quantitative estimate of drug-likeness (QED) is 0.743. The molecule has 1 unspecified atom stereocenters. The van der Waals surface area contributed by atoms with E-state index >= 15 is 0 Å². The van der Waals surface area contributed by atoms with E-state index < -0.39 is 0 Å². The van der Waals surface area contributed by atoms with Crippen LogP contribution in [0.15, 0.2) is 90.0 Å². The predicted molar refractivity (Wildman–Crippen MR) is 99.9 cm³/mol. The molecule has 0 aromatic heterocycles. The minimum Gasteiger partial charge on any atom is -0.356 e. The third-order valence-electron chi connectivity index (χ3n) is 4.27. The van der Waals surface area contributed by atoms with Crippen LogP contribution in [-0.4, -0.2) is 12.3 Å². The molecule has 2 N–H and O–H groups in total. The summed E-state index contributed by atoms with van der Waals surface area (Å²) in [6, 6.07) is 29.2. The van der Waals surface area contributed by atoms with Gasteiger partial charge in [0.25, 0.3) is 0 Å². The van der Waals surface area contributed by atoms with Crippen molar-refractivity contribution in [1.29, 1.82) is 0 Å². The smallest absolute Gasteiger partial charge is 0.0768 e. The lowest BCUT2D eigenvalue weighted by atomic mass is 9.91. The Bertz CT molecular complexity index is 824. The second-order valence-electron chi connectivity index (χ2n) is 5.89. The minimum absolute atomic E-state index is 0.305. The van der Waals surface area contributed by atoms with Gasteiger partial charge in [-0.05, 0) is 35.4 Å². The average molecular weight is 313 g/mol. The van der Waals surface area contributed by atoms with E-state index in [1.807, 2.05) is 24.3 Å². The van der Waals surface area contributed by atoms with Crippen molar-refractivity contribution in [3.8, 4) is 0 Å². The lowest BCUT2D eigenvalue weighted by Crippen LogP contribution is -2.14. The molecule has 3 aromatic rings. The van der Waals surface area contributed by atoms with E-state index in [1.54, 1.807) is 0 Å². The molecule has 0 radical (unpaired) electrons. The van der Waals surface area contributed by atoms with Crippen LogP contribution in [0, 0.1) is 0 Å². The van der Waals surface area contributed by atoms with Crippen molar-refractivity contribution < 1.29 is 0 Å². The molecule has 0 fully saturated rings. The lowest BCUT2D eigenvalue weighted by Gasteiger charge is -2.13. The van der Waals surface area contributed by atoms with Gasteiger partial charge in [-0.15, -0.1) is 0 Å². The van der Waals surface area contributed by atoms with Crippen LogP contribution in [0.4, 0.5) is 11.4 Å². The van der Waals surface area contributed by atoms with Crippen LogP contribution >= 0.6 is 0 Å². The predicted octanol–water partition coefficient (Wildman–Crippen LogP) is 4.52. The zero-order chi connectivity index (χ0) is 16.2. The Hall–Kier alpha value is -3.07. The number of hydrogen-bond donors (Lipinski definition) is 2. The molecule has 118 valence electrons. The molecule has 3 nitrogen and oxygen atoms in total. The summed E-state index contributed by atoms with van der Waals surface area (Å²) < 4.78 is 0. The monoisotopic (exact) mass is 313 g/mol. The lowest BCUT2D eigenvalue weighted by molar-refractivity contribution is 0.763. The highest BCUT2D eigenvalue weighted by atomic mass is 15.3. The van der Waals surface area contributed by atoms with E-state index in [-0.39, 0.29) is 0 Å². The summed E-state index contributed by atoms with van der Waals surface area (Å²) in [6.07, 6.45) is 0. The van der Waals surface area contributed by atoms with E-state index in [0.29, 0.717) is 5.92 Å². The van der Waals surface area contributed by atoms with Crippen LogP contribution in [0.2, 0.25) is 0 Å². The number of hydrazone groups is 1. The zero-order valence-electron chi connectivity index (χ0n) is 13.3. The van der Waals surface area contributed by atoms with Crippen molar-refractivity contribution in [3.63, 3.8) is 0 Å². The van der Waals surface area contributed by atoms with Crippen LogP contribution in [0.25, 0.3) is 0 Å². The van der Waals surface area contributed by atoms with Gasteiger partial charge in [0.1, 0.15) is 0 Å². The second-order valence-corrected chi connectivity index (χ2v) is 5.89. The first-order chi connectivity index (χ1) is 11.9. The maximum absolute atomic E-state index is 4.52. The SMILES string of the molecule is c1ccc(Nc2ccc(C3=NNCC3c3ccccc3)cc2)cc1. The fourth-order valence-corrected chi connectivity index (χ4v) is 3.04. The van der Waals surface area contributed by atoms with Crippen LogP contribution < -0.4 is 10.7 Å². The number of rotatable bonds is 4. The molecule has 4 rings (SSSR count). The molecule has 0 saturated heterocycles. The van der Waals surface area contributed by atoms with Crippen molar-refractivity contribution in [2.75, 3.05) is 11.9 Å². The van der Waals surface area contributed by atoms with Crippen molar-refractivity contribution >= 4 is 17.1 Å². The van der Waals surface area contributed by atoms with Crippen molar-refractivity contribution in [2.45, 2.75) is 5.92 Å². The number of nitrogens with zero attached hydrogens (tertiary/aromatic N) is 1. The van der Waals surface area contributed by atoms with Gasteiger partial charge in [0.2, 0.25) is 0 Å². The average Bonchev–Trinajstić information content (AvgIpc) is 3.14. The van der Waals surface area contributed by atoms with Crippen LogP contribution in [0.5, 0.6) is 0 Å². The van der Waals surface area contributed by atoms with Crippen LogP contribution in [-0.2, 0) is 0 Å². The first kappa shape index (κ1) is 14.5. The molecule has 1 atom stereocenters. The molecule has 3 heteroatoms. The summed E-state index contributed by atoms with van der Waals surface area (Å²) in [5, 5.41) is 7.93. The fourth-order valence-electron chi connectivity index (χ4n) is 3.04. The van der Waals surface area contributed by atoms with Gasteiger partial charge in [-0.3, -0.25) is 0 Å². The van der Waals surface area contributed by atoms with E-state index in [1.165, 1.54) is 5.56 Å². The summed E-state index contributed by atoms with van der Waals surface area (Å²) in [5.74, 6) is 0.305. The Kier molecular flexibility index (Phi) is 3.98. The molecule has 0 bridgehead atoms. The van der Waals surface area contributed by atoms with Crippen LogP contribution in [0.3, 0.4) is 0 Å². The van der Waals surface area contributed by atoms with E-state index in [2.05, 4.69) is 76.5 Å². The van der Waals surface area contributed by atoms with Crippen molar-refractivity contribution in [2.24, 2.45) is 5.10 Å². The van der Waals surface area contributed by atoms with Gasteiger partial charge in [0, 0.05) is 23.8 Å². The highest BCUT2D eigenvalue weighted by Crippen LogP contribution is 2.25. The summed E-state index contributed by atoms with van der Waals surface area (Å²) >= 11 is 0. The Morgan fingerprint density at radius 2 is 1.38 bits per heavy atom. The number of anilines is 2. The van der Waals surface area contributed by atoms with Gasteiger partial charge in [-0.25, -0.2) is 0 Å². The third kappa shape index (κ3) is 3.01. The zero-order valence-corrected chi connectivity index (χ0v) is 13.3. The molecule has 1 aliphatic rings. The summed E-state index contributed by atoms with van der Waals surface area (Å²) in [6.45, 7) is 0.851. The summed E-state index contributed by atoms with van der Waals surface area (Å²) in [4.78, 5) is 0. The largest absolute Gasteiger partial charge is 0.356 e. The van der Waals surface area contributed by atoms with Crippen LogP contribution in [0.1, 0.15) is 17.0 Å². The number of nitrogens with one attached hydrogen (secondary N) is 2. The molecule has 0 spiro atoms. The molecule has 1 aliphatic heterocycles. The first-order valence-electron chi connectivity index (χ1n) is 8.18. The maximum Gasteiger partial charge on any atom is 0.0768 e. The highest BCUT2D eigenvalue weighted by molar-refractivity contribution is 6.06. The second kappa shape index (κ2) is 6.59. The molecular formula is C21H19N3. The Labute approximate surface area is 142 Å². The molecule has 0 saturated carbocycles. The molecule has 0 amide bonds. The van der Waals surface area contributed by atoms with E-state index in [4.69, 9.17) is 0 Å².